The first-order chi connectivity index (χ1) is 10.5. The van der Waals surface area contributed by atoms with E-state index in [1.165, 1.54) is 24.3 Å². The number of hydrogen-bond donors (Lipinski definition) is 2. The lowest BCUT2D eigenvalue weighted by molar-refractivity contribution is -0.150. The second-order valence-electron chi connectivity index (χ2n) is 5.26. The third kappa shape index (κ3) is 4.83. The fraction of sp³-hybridized carbons (Fsp3) is 0.400. The molecule has 0 unspecified atom stereocenters. The molecular weight excluding hydrogens is 291 g/mol. The average Bonchev–Trinajstić information content (AvgIpc) is 3.22. The minimum absolute atomic E-state index is 0.102. The van der Waals surface area contributed by atoms with Gasteiger partial charge in [0.15, 0.2) is 6.61 Å². The van der Waals surface area contributed by atoms with Gasteiger partial charge >= 0.3 is 5.97 Å². The molecule has 1 aliphatic rings. The van der Waals surface area contributed by atoms with Crippen LogP contribution in [-0.2, 0) is 19.1 Å². The van der Waals surface area contributed by atoms with Crippen molar-refractivity contribution >= 4 is 23.5 Å². The zero-order valence-corrected chi connectivity index (χ0v) is 12.1. The molecule has 0 heterocycles. The number of nitrogens with one attached hydrogen (secondary N) is 2. The van der Waals surface area contributed by atoms with E-state index in [0.29, 0.717) is 11.6 Å². The summed E-state index contributed by atoms with van der Waals surface area (Å²) in [5, 5.41) is 4.83. The molecule has 0 spiro atoms. The second kappa shape index (κ2) is 7.02. The Labute approximate surface area is 127 Å². The quantitative estimate of drug-likeness (QED) is 0.770. The topological polar surface area (TPSA) is 84.5 Å². The summed E-state index contributed by atoms with van der Waals surface area (Å²) in [6.45, 7) is 1.28. The van der Waals surface area contributed by atoms with Crippen LogP contribution in [0.2, 0.25) is 0 Å². The van der Waals surface area contributed by atoms with E-state index in [1.807, 2.05) is 6.92 Å². The molecule has 0 saturated heterocycles. The molecule has 0 bridgehead atoms. The Kier molecular flexibility index (Phi) is 5.08. The Morgan fingerprint density at radius 3 is 2.45 bits per heavy atom. The standard InChI is InChI=1S/C15H17FN2O4/c1-9-6-12(9)15(21)22-8-14(20)17-7-13(19)18-11-4-2-10(16)3-5-11/h2-5,9,12H,6-8H2,1H3,(H,17,20)(H,18,19)/t9-,12+/m0/s1. The molecule has 1 aliphatic carbocycles. The zero-order chi connectivity index (χ0) is 16.1. The lowest BCUT2D eigenvalue weighted by Gasteiger charge is -2.07. The van der Waals surface area contributed by atoms with E-state index in [1.54, 1.807) is 0 Å². The van der Waals surface area contributed by atoms with Gasteiger partial charge in [0.25, 0.3) is 5.91 Å². The maximum Gasteiger partial charge on any atom is 0.309 e. The Bertz CT molecular complexity index is 573. The summed E-state index contributed by atoms with van der Waals surface area (Å²) in [4.78, 5) is 34.4. The molecule has 22 heavy (non-hydrogen) atoms. The summed E-state index contributed by atoms with van der Waals surface area (Å²) in [5.41, 5.74) is 0.426. The van der Waals surface area contributed by atoms with Crippen LogP contribution >= 0.6 is 0 Å². The van der Waals surface area contributed by atoms with Gasteiger partial charge < -0.3 is 15.4 Å². The first kappa shape index (κ1) is 15.9. The van der Waals surface area contributed by atoms with E-state index in [4.69, 9.17) is 4.74 Å². The van der Waals surface area contributed by atoms with Gasteiger partial charge in [0, 0.05) is 5.69 Å². The van der Waals surface area contributed by atoms with Crippen LogP contribution in [0.3, 0.4) is 0 Å². The van der Waals surface area contributed by atoms with Crippen LogP contribution in [0.1, 0.15) is 13.3 Å². The lowest BCUT2D eigenvalue weighted by atomic mass is 10.3. The highest BCUT2D eigenvalue weighted by molar-refractivity contribution is 5.94. The summed E-state index contributed by atoms with van der Waals surface area (Å²) in [6, 6.07) is 5.25. The molecule has 1 saturated carbocycles. The summed E-state index contributed by atoms with van der Waals surface area (Å²) < 4.78 is 17.5. The van der Waals surface area contributed by atoms with Crippen molar-refractivity contribution in [3.63, 3.8) is 0 Å². The van der Waals surface area contributed by atoms with E-state index in [-0.39, 0.29) is 18.4 Å². The predicted molar refractivity (Wildman–Crippen MR) is 76.3 cm³/mol. The van der Waals surface area contributed by atoms with Crippen LogP contribution in [0.15, 0.2) is 24.3 Å². The lowest BCUT2D eigenvalue weighted by Crippen LogP contribution is -2.35. The van der Waals surface area contributed by atoms with Crippen molar-refractivity contribution in [2.24, 2.45) is 11.8 Å². The summed E-state index contributed by atoms with van der Waals surface area (Å²) in [7, 11) is 0. The van der Waals surface area contributed by atoms with Gasteiger partial charge in [-0.25, -0.2) is 4.39 Å². The minimum atomic E-state index is -0.545. The molecule has 2 N–H and O–H groups in total. The fourth-order valence-electron chi connectivity index (χ4n) is 1.86. The largest absolute Gasteiger partial charge is 0.455 e. The molecule has 1 aromatic rings. The van der Waals surface area contributed by atoms with E-state index >= 15 is 0 Å². The van der Waals surface area contributed by atoms with Crippen molar-refractivity contribution in [2.75, 3.05) is 18.5 Å². The zero-order valence-electron chi connectivity index (χ0n) is 12.1. The molecule has 1 aromatic carbocycles. The van der Waals surface area contributed by atoms with Gasteiger partial charge in [-0.1, -0.05) is 6.92 Å². The van der Waals surface area contributed by atoms with E-state index in [9.17, 15) is 18.8 Å². The molecule has 2 amide bonds. The number of rotatable bonds is 6. The number of benzene rings is 1. The molecule has 7 heteroatoms. The number of esters is 1. The molecule has 2 rings (SSSR count). The molecule has 6 nitrogen and oxygen atoms in total. The van der Waals surface area contributed by atoms with E-state index in [2.05, 4.69) is 10.6 Å². The van der Waals surface area contributed by atoms with Crippen LogP contribution in [0.4, 0.5) is 10.1 Å². The Morgan fingerprint density at radius 1 is 1.23 bits per heavy atom. The number of carbonyl (C=O) groups excluding carboxylic acids is 3. The Morgan fingerprint density at radius 2 is 1.86 bits per heavy atom. The highest BCUT2D eigenvalue weighted by Gasteiger charge is 2.40. The van der Waals surface area contributed by atoms with Crippen LogP contribution in [0, 0.1) is 17.7 Å². The van der Waals surface area contributed by atoms with Crippen LogP contribution < -0.4 is 10.6 Å². The van der Waals surface area contributed by atoms with Crippen LogP contribution in [0.25, 0.3) is 0 Å². The summed E-state index contributed by atoms with van der Waals surface area (Å²) >= 11 is 0. The van der Waals surface area contributed by atoms with Gasteiger partial charge in [-0.05, 0) is 36.6 Å². The molecule has 1 fully saturated rings. The maximum atomic E-state index is 12.7. The Balaban J connectivity index is 1.64. The number of hydrogen-bond acceptors (Lipinski definition) is 4. The maximum absolute atomic E-state index is 12.7. The smallest absolute Gasteiger partial charge is 0.309 e. The number of anilines is 1. The second-order valence-corrected chi connectivity index (χ2v) is 5.26. The monoisotopic (exact) mass is 308 g/mol. The highest BCUT2D eigenvalue weighted by Crippen LogP contribution is 2.38. The van der Waals surface area contributed by atoms with E-state index < -0.39 is 24.2 Å². The van der Waals surface area contributed by atoms with Gasteiger partial charge in [-0.15, -0.1) is 0 Å². The molecule has 118 valence electrons. The van der Waals surface area contributed by atoms with Crippen molar-refractivity contribution < 1.29 is 23.5 Å². The SMILES string of the molecule is C[C@H]1C[C@H]1C(=O)OCC(=O)NCC(=O)Nc1ccc(F)cc1. The first-order valence-corrected chi connectivity index (χ1v) is 6.94. The molecule has 0 radical (unpaired) electrons. The molecule has 2 atom stereocenters. The van der Waals surface area contributed by atoms with Gasteiger partial charge in [0.1, 0.15) is 5.82 Å². The van der Waals surface area contributed by atoms with Crippen molar-refractivity contribution in [2.45, 2.75) is 13.3 Å². The van der Waals surface area contributed by atoms with E-state index in [0.717, 1.165) is 6.42 Å². The number of amides is 2. The normalized spacial score (nSPS) is 19.2. The van der Waals surface area contributed by atoms with Gasteiger partial charge in [0.05, 0.1) is 12.5 Å². The third-order valence-corrected chi connectivity index (χ3v) is 3.33. The highest BCUT2D eigenvalue weighted by atomic mass is 19.1. The van der Waals surface area contributed by atoms with Crippen LogP contribution in [-0.4, -0.2) is 30.9 Å². The summed E-state index contributed by atoms with van der Waals surface area (Å²) in [5.74, 6) is -1.57. The van der Waals surface area contributed by atoms with Crippen molar-refractivity contribution in [3.8, 4) is 0 Å². The number of halogens is 1. The van der Waals surface area contributed by atoms with Gasteiger partial charge in [-0.2, -0.15) is 0 Å². The predicted octanol–water partition coefficient (Wildman–Crippen LogP) is 1.08. The van der Waals surface area contributed by atoms with Crippen LogP contribution in [0.5, 0.6) is 0 Å². The van der Waals surface area contributed by atoms with Crippen molar-refractivity contribution in [3.05, 3.63) is 30.1 Å². The first-order valence-electron chi connectivity index (χ1n) is 6.94. The van der Waals surface area contributed by atoms with Crippen molar-refractivity contribution in [1.29, 1.82) is 0 Å². The molecule has 0 aromatic heterocycles. The minimum Gasteiger partial charge on any atom is -0.455 e. The van der Waals surface area contributed by atoms with Gasteiger partial charge in [0.2, 0.25) is 5.91 Å². The Hall–Kier alpha value is -2.44. The number of carbonyl (C=O) groups is 3. The van der Waals surface area contributed by atoms with Crippen molar-refractivity contribution in [1.82, 2.24) is 5.32 Å². The van der Waals surface area contributed by atoms with Gasteiger partial charge in [-0.3, -0.25) is 14.4 Å². The summed E-state index contributed by atoms with van der Waals surface area (Å²) in [6.07, 6.45) is 0.792. The fourth-order valence-corrected chi connectivity index (χ4v) is 1.86. The average molecular weight is 308 g/mol. The molecular formula is C15H17FN2O4. The number of ether oxygens (including phenoxy) is 1. The third-order valence-electron chi connectivity index (χ3n) is 3.33. The molecule has 0 aliphatic heterocycles.